The minimum Gasteiger partial charge on any atom is -0.313 e. The molecule has 1 atom stereocenters. The van der Waals surface area contributed by atoms with Crippen molar-refractivity contribution in [3.05, 3.63) is 12.2 Å². The Bertz CT molecular complexity index is 330. The van der Waals surface area contributed by atoms with Gasteiger partial charge in [-0.2, -0.15) is 5.10 Å². The average Bonchev–Trinajstić information content (AvgIpc) is 2.75. The summed E-state index contributed by atoms with van der Waals surface area (Å²) in [6.45, 7) is 13.0. The van der Waals surface area contributed by atoms with Crippen molar-refractivity contribution in [3.8, 4) is 0 Å². The summed E-state index contributed by atoms with van der Waals surface area (Å²) in [4.78, 5) is 4.37. The van der Waals surface area contributed by atoms with E-state index in [1.807, 2.05) is 4.68 Å². The Morgan fingerprint density at radius 1 is 1.35 bits per heavy atom. The van der Waals surface area contributed by atoms with Crippen LogP contribution in [0.1, 0.15) is 46.9 Å². The van der Waals surface area contributed by atoms with Gasteiger partial charge in [0, 0.05) is 19.0 Å². The normalized spacial score (nSPS) is 13.9. The van der Waals surface area contributed by atoms with E-state index in [9.17, 15) is 0 Å². The molecule has 0 saturated carbocycles. The Kier molecular flexibility index (Phi) is 5.12. The van der Waals surface area contributed by atoms with Crippen LogP contribution in [0.5, 0.6) is 0 Å². The number of hydrogen-bond acceptors (Lipinski definition) is 3. The number of nitrogens with zero attached hydrogens (tertiary/aromatic N) is 3. The molecule has 1 aromatic heterocycles. The number of rotatable bonds is 7. The summed E-state index contributed by atoms with van der Waals surface area (Å²) < 4.78 is 1.98. The van der Waals surface area contributed by atoms with E-state index in [4.69, 9.17) is 0 Å². The molecule has 4 nitrogen and oxygen atoms in total. The van der Waals surface area contributed by atoms with Gasteiger partial charge < -0.3 is 5.32 Å². The maximum Gasteiger partial charge on any atom is 0.138 e. The molecule has 1 aromatic rings. The molecule has 0 aliphatic heterocycles. The summed E-state index contributed by atoms with van der Waals surface area (Å²) in [5, 5.41) is 7.82. The second-order valence-corrected chi connectivity index (χ2v) is 5.15. The summed E-state index contributed by atoms with van der Waals surface area (Å²) >= 11 is 0. The van der Waals surface area contributed by atoms with Crippen molar-refractivity contribution in [2.75, 3.05) is 6.54 Å². The highest BCUT2D eigenvalue weighted by Crippen LogP contribution is 2.26. The van der Waals surface area contributed by atoms with Crippen LogP contribution in [-0.4, -0.2) is 27.4 Å². The summed E-state index contributed by atoms with van der Waals surface area (Å²) in [6.07, 6.45) is 3.76. The minimum atomic E-state index is 0.278. The van der Waals surface area contributed by atoms with Gasteiger partial charge >= 0.3 is 0 Å². The third kappa shape index (κ3) is 3.53. The lowest BCUT2D eigenvalue weighted by Gasteiger charge is -2.34. The maximum absolute atomic E-state index is 4.37. The number of aromatic nitrogens is 3. The number of likely N-dealkylation sites (N-methyl/N-ethyl adjacent to an activating group) is 1. The molecule has 0 spiro atoms. The van der Waals surface area contributed by atoms with Crippen molar-refractivity contribution in [2.45, 2.75) is 60.0 Å². The zero-order valence-electron chi connectivity index (χ0n) is 11.8. The molecule has 0 fully saturated rings. The SMILES string of the molecule is CCNC(Cc1ncnn1CC)C(C)(C)CC. The van der Waals surface area contributed by atoms with Gasteiger partial charge in [-0.05, 0) is 25.3 Å². The first-order valence-corrected chi connectivity index (χ1v) is 6.65. The van der Waals surface area contributed by atoms with Gasteiger partial charge in [-0.15, -0.1) is 0 Å². The fraction of sp³-hybridized carbons (Fsp3) is 0.846. The van der Waals surface area contributed by atoms with Crippen molar-refractivity contribution in [1.82, 2.24) is 20.1 Å². The highest BCUT2D eigenvalue weighted by Gasteiger charge is 2.28. The second-order valence-electron chi connectivity index (χ2n) is 5.15. The van der Waals surface area contributed by atoms with Crippen LogP contribution in [0.15, 0.2) is 6.33 Å². The predicted octanol–water partition coefficient (Wildman–Crippen LogP) is 2.25. The monoisotopic (exact) mass is 238 g/mol. The lowest BCUT2D eigenvalue weighted by molar-refractivity contribution is 0.228. The van der Waals surface area contributed by atoms with Gasteiger partial charge in [-0.3, -0.25) is 4.68 Å². The molecule has 0 amide bonds. The zero-order valence-corrected chi connectivity index (χ0v) is 11.8. The zero-order chi connectivity index (χ0) is 12.9. The fourth-order valence-electron chi connectivity index (χ4n) is 2.01. The molecule has 98 valence electrons. The molecule has 0 saturated heterocycles. The summed E-state index contributed by atoms with van der Waals surface area (Å²) in [5.41, 5.74) is 0.278. The smallest absolute Gasteiger partial charge is 0.138 e. The van der Waals surface area contributed by atoms with Crippen LogP contribution in [0.3, 0.4) is 0 Å². The lowest BCUT2D eigenvalue weighted by atomic mass is 9.80. The Balaban J connectivity index is 2.80. The predicted molar refractivity (Wildman–Crippen MR) is 70.9 cm³/mol. The van der Waals surface area contributed by atoms with Crippen molar-refractivity contribution in [2.24, 2.45) is 5.41 Å². The molecule has 0 bridgehead atoms. The van der Waals surface area contributed by atoms with E-state index in [-0.39, 0.29) is 5.41 Å². The van der Waals surface area contributed by atoms with Crippen LogP contribution < -0.4 is 5.32 Å². The lowest BCUT2D eigenvalue weighted by Crippen LogP contribution is -2.43. The number of nitrogens with one attached hydrogen (secondary N) is 1. The molecule has 0 aromatic carbocycles. The average molecular weight is 238 g/mol. The molecule has 0 aliphatic carbocycles. The maximum atomic E-state index is 4.37. The highest BCUT2D eigenvalue weighted by molar-refractivity contribution is 4.95. The number of hydrogen-bond donors (Lipinski definition) is 1. The molecule has 17 heavy (non-hydrogen) atoms. The fourth-order valence-corrected chi connectivity index (χ4v) is 2.01. The Labute approximate surface area is 105 Å². The Hall–Kier alpha value is -0.900. The molecule has 1 heterocycles. The standard InChI is InChI=1S/C13H26N4/c1-6-13(4,5)11(14-7-2)9-12-15-10-16-17(12)8-3/h10-11,14H,6-9H2,1-5H3. The van der Waals surface area contributed by atoms with Crippen molar-refractivity contribution in [3.63, 3.8) is 0 Å². The van der Waals surface area contributed by atoms with Gasteiger partial charge in [0.15, 0.2) is 0 Å². The molecular weight excluding hydrogens is 212 g/mol. The minimum absolute atomic E-state index is 0.278. The van der Waals surface area contributed by atoms with Gasteiger partial charge in [0.1, 0.15) is 12.2 Å². The van der Waals surface area contributed by atoms with Crippen LogP contribution in [0.25, 0.3) is 0 Å². The van der Waals surface area contributed by atoms with Gasteiger partial charge in [-0.25, -0.2) is 4.98 Å². The van der Waals surface area contributed by atoms with Crippen LogP contribution in [0.2, 0.25) is 0 Å². The van der Waals surface area contributed by atoms with Crippen LogP contribution in [0, 0.1) is 5.41 Å². The second kappa shape index (κ2) is 6.15. The third-order valence-electron chi connectivity index (χ3n) is 3.69. The molecule has 0 radical (unpaired) electrons. The highest BCUT2D eigenvalue weighted by atomic mass is 15.3. The van der Waals surface area contributed by atoms with E-state index in [1.165, 1.54) is 0 Å². The quantitative estimate of drug-likeness (QED) is 0.792. The van der Waals surface area contributed by atoms with Crippen LogP contribution in [-0.2, 0) is 13.0 Å². The summed E-state index contributed by atoms with van der Waals surface area (Å²) in [7, 11) is 0. The number of aryl methyl sites for hydroxylation is 1. The first-order valence-electron chi connectivity index (χ1n) is 6.65. The van der Waals surface area contributed by atoms with E-state index < -0.39 is 0 Å². The van der Waals surface area contributed by atoms with E-state index in [0.29, 0.717) is 6.04 Å². The molecule has 1 unspecified atom stereocenters. The Morgan fingerprint density at radius 2 is 2.06 bits per heavy atom. The third-order valence-corrected chi connectivity index (χ3v) is 3.69. The molecule has 4 heteroatoms. The Morgan fingerprint density at radius 3 is 2.59 bits per heavy atom. The van der Waals surface area contributed by atoms with Crippen LogP contribution >= 0.6 is 0 Å². The molecule has 0 aliphatic rings. The van der Waals surface area contributed by atoms with Crippen molar-refractivity contribution in [1.29, 1.82) is 0 Å². The van der Waals surface area contributed by atoms with Crippen molar-refractivity contribution < 1.29 is 0 Å². The molecular formula is C13H26N4. The summed E-state index contributed by atoms with van der Waals surface area (Å²) in [5.74, 6) is 1.08. The molecule has 1 N–H and O–H groups in total. The van der Waals surface area contributed by atoms with Gasteiger partial charge in [-0.1, -0.05) is 27.7 Å². The van der Waals surface area contributed by atoms with E-state index in [2.05, 4.69) is 50.0 Å². The molecule has 1 rings (SSSR count). The first-order chi connectivity index (χ1) is 8.05. The van der Waals surface area contributed by atoms with Gasteiger partial charge in [0.2, 0.25) is 0 Å². The summed E-state index contributed by atoms with van der Waals surface area (Å²) in [6, 6.07) is 0.451. The first kappa shape index (κ1) is 14.2. The van der Waals surface area contributed by atoms with Gasteiger partial charge in [0.25, 0.3) is 0 Å². The largest absolute Gasteiger partial charge is 0.313 e. The van der Waals surface area contributed by atoms with E-state index in [0.717, 1.165) is 31.8 Å². The topological polar surface area (TPSA) is 42.7 Å². The van der Waals surface area contributed by atoms with E-state index in [1.54, 1.807) is 6.33 Å². The van der Waals surface area contributed by atoms with E-state index >= 15 is 0 Å². The van der Waals surface area contributed by atoms with Gasteiger partial charge in [0.05, 0.1) is 0 Å². The van der Waals surface area contributed by atoms with Crippen molar-refractivity contribution >= 4 is 0 Å². The van der Waals surface area contributed by atoms with Crippen LogP contribution in [0.4, 0.5) is 0 Å².